The minimum Gasteiger partial charge on any atom is -0.207 e. The van der Waals surface area contributed by atoms with Crippen LogP contribution in [-0.2, 0) is 6.42 Å². The summed E-state index contributed by atoms with van der Waals surface area (Å²) in [6.07, 6.45) is 0.994. The van der Waals surface area contributed by atoms with Crippen LogP contribution in [0.3, 0.4) is 0 Å². The second-order valence-electron chi connectivity index (χ2n) is 3.81. The van der Waals surface area contributed by atoms with Crippen molar-refractivity contribution in [3.8, 4) is 0 Å². The molecule has 0 fully saturated rings. The number of alkyl halides is 1. The number of aryl methyl sites for hydroxylation is 1. The third-order valence-electron chi connectivity index (χ3n) is 2.59. The van der Waals surface area contributed by atoms with Gasteiger partial charge in [-0.15, -0.1) is 11.3 Å². The van der Waals surface area contributed by atoms with Crippen molar-refractivity contribution in [3.63, 3.8) is 0 Å². The van der Waals surface area contributed by atoms with Crippen LogP contribution in [-0.4, -0.2) is 0 Å². The standard InChI is InChI=1S/C13H10Br2ClFS/c1-2-7-3-4-12(18-7)13(15)8-5-10(16)9(14)6-11(8)17/h3-6,13H,2H2,1H3. The molecule has 0 saturated heterocycles. The summed E-state index contributed by atoms with van der Waals surface area (Å²) >= 11 is 14.5. The lowest BCUT2D eigenvalue weighted by Crippen LogP contribution is -1.95. The number of rotatable bonds is 3. The van der Waals surface area contributed by atoms with Gasteiger partial charge in [-0.2, -0.15) is 0 Å². The van der Waals surface area contributed by atoms with Crippen molar-refractivity contribution in [2.45, 2.75) is 18.2 Å². The molecule has 0 amide bonds. The van der Waals surface area contributed by atoms with Gasteiger partial charge in [0.15, 0.2) is 0 Å². The van der Waals surface area contributed by atoms with Gasteiger partial charge in [0.1, 0.15) is 5.82 Å². The van der Waals surface area contributed by atoms with Crippen LogP contribution < -0.4 is 0 Å². The van der Waals surface area contributed by atoms with Crippen LogP contribution in [0, 0.1) is 5.82 Å². The average Bonchev–Trinajstić information content (AvgIpc) is 2.81. The Bertz CT molecular complexity index is 568. The first-order chi connectivity index (χ1) is 8.52. The maximum Gasteiger partial charge on any atom is 0.129 e. The molecular formula is C13H10Br2ClFS. The van der Waals surface area contributed by atoms with E-state index in [0.29, 0.717) is 15.1 Å². The monoisotopic (exact) mass is 410 g/mol. The zero-order valence-corrected chi connectivity index (χ0v) is 14.3. The first-order valence-corrected chi connectivity index (χ1v) is 8.30. The average molecular weight is 413 g/mol. The summed E-state index contributed by atoms with van der Waals surface area (Å²) in [7, 11) is 0. The lowest BCUT2D eigenvalue weighted by molar-refractivity contribution is 0.613. The van der Waals surface area contributed by atoms with Crippen molar-refractivity contribution in [3.05, 3.63) is 54.9 Å². The predicted molar refractivity (Wildman–Crippen MR) is 83.6 cm³/mol. The second kappa shape index (κ2) is 6.04. The van der Waals surface area contributed by atoms with Crippen molar-refractivity contribution in [1.82, 2.24) is 0 Å². The van der Waals surface area contributed by atoms with E-state index in [1.54, 1.807) is 17.4 Å². The molecule has 0 nitrogen and oxygen atoms in total. The topological polar surface area (TPSA) is 0 Å². The summed E-state index contributed by atoms with van der Waals surface area (Å²) in [5.74, 6) is -0.264. The largest absolute Gasteiger partial charge is 0.207 e. The smallest absolute Gasteiger partial charge is 0.129 e. The molecule has 1 atom stereocenters. The van der Waals surface area contributed by atoms with Gasteiger partial charge in [-0.1, -0.05) is 34.5 Å². The quantitative estimate of drug-likeness (QED) is 0.407. The molecule has 0 N–H and O–H groups in total. The molecule has 0 saturated carbocycles. The van der Waals surface area contributed by atoms with Gasteiger partial charge in [-0.05, 0) is 46.6 Å². The zero-order chi connectivity index (χ0) is 13.3. The molecule has 1 aromatic carbocycles. The zero-order valence-electron chi connectivity index (χ0n) is 9.51. The number of halogens is 4. The fourth-order valence-electron chi connectivity index (χ4n) is 1.61. The molecule has 2 aromatic rings. The van der Waals surface area contributed by atoms with E-state index < -0.39 is 0 Å². The van der Waals surface area contributed by atoms with E-state index in [-0.39, 0.29) is 10.6 Å². The van der Waals surface area contributed by atoms with Gasteiger partial charge >= 0.3 is 0 Å². The Morgan fingerprint density at radius 1 is 1.39 bits per heavy atom. The molecule has 96 valence electrons. The van der Waals surface area contributed by atoms with Gasteiger partial charge < -0.3 is 0 Å². The van der Waals surface area contributed by atoms with Crippen LogP contribution in [0.25, 0.3) is 0 Å². The van der Waals surface area contributed by atoms with Crippen LogP contribution in [0.5, 0.6) is 0 Å². The lowest BCUT2D eigenvalue weighted by atomic mass is 10.1. The predicted octanol–water partition coefficient (Wildman–Crippen LogP) is 6.35. The Morgan fingerprint density at radius 2 is 2.11 bits per heavy atom. The summed E-state index contributed by atoms with van der Waals surface area (Å²) in [5.41, 5.74) is 0.563. The van der Waals surface area contributed by atoms with Crippen LogP contribution in [0.2, 0.25) is 5.02 Å². The number of hydrogen-bond acceptors (Lipinski definition) is 1. The minimum absolute atomic E-state index is 0.159. The summed E-state index contributed by atoms with van der Waals surface area (Å²) in [6.45, 7) is 2.11. The highest BCUT2D eigenvalue weighted by molar-refractivity contribution is 9.10. The maximum atomic E-state index is 13.9. The molecule has 0 aliphatic carbocycles. The Hall–Kier alpha value is 0.1000. The van der Waals surface area contributed by atoms with Crippen molar-refractivity contribution in [2.24, 2.45) is 0 Å². The van der Waals surface area contributed by atoms with Gasteiger partial charge in [0, 0.05) is 19.8 Å². The molecule has 1 unspecified atom stereocenters. The molecule has 0 spiro atoms. The highest BCUT2D eigenvalue weighted by atomic mass is 79.9. The summed E-state index contributed by atoms with van der Waals surface area (Å²) in [5, 5.41) is 0.517. The highest BCUT2D eigenvalue weighted by Crippen LogP contribution is 2.39. The summed E-state index contributed by atoms with van der Waals surface area (Å²) < 4.78 is 14.5. The SMILES string of the molecule is CCc1ccc(C(Br)c2cc(Cl)c(Br)cc2F)s1. The van der Waals surface area contributed by atoms with E-state index >= 15 is 0 Å². The third kappa shape index (κ3) is 2.98. The van der Waals surface area contributed by atoms with Gasteiger partial charge in [0.25, 0.3) is 0 Å². The highest BCUT2D eigenvalue weighted by Gasteiger charge is 2.18. The summed E-state index contributed by atoms with van der Waals surface area (Å²) in [6, 6.07) is 7.16. The number of hydrogen-bond donors (Lipinski definition) is 0. The van der Waals surface area contributed by atoms with Gasteiger partial charge in [-0.3, -0.25) is 0 Å². The van der Waals surface area contributed by atoms with E-state index in [1.165, 1.54) is 10.9 Å². The van der Waals surface area contributed by atoms with Crippen LogP contribution in [0.15, 0.2) is 28.7 Å². The first kappa shape index (κ1) is 14.5. The van der Waals surface area contributed by atoms with Crippen LogP contribution in [0.1, 0.15) is 27.1 Å². The molecule has 1 heterocycles. The van der Waals surface area contributed by atoms with Crippen molar-refractivity contribution >= 4 is 54.8 Å². The molecule has 2 rings (SSSR count). The van der Waals surface area contributed by atoms with E-state index in [4.69, 9.17) is 11.6 Å². The second-order valence-corrected chi connectivity index (χ2v) is 7.19. The normalized spacial score (nSPS) is 12.7. The van der Waals surface area contributed by atoms with Crippen molar-refractivity contribution < 1.29 is 4.39 Å². The Labute approximate surface area is 131 Å². The lowest BCUT2D eigenvalue weighted by Gasteiger charge is -2.10. The molecule has 0 bridgehead atoms. The Balaban J connectivity index is 2.39. The van der Waals surface area contributed by atoms with E-state index in [1.807, 2.05) is 6.07 Å². The minimum atomic E-state index is -0.264. The molecule has 0 aliphatic rings. The van der Waals surface area contributed by atoms with Crippen LogP contribution >= 0.6 is 54.8 Å². The van der Waals surface area contributed by atoms with Crippen molar-refractivity contribution in [1.29, 1.82) is 0 Å². The molecular weight excluding hydrogens is 402 g/mol. The fraction of sp³-hybridized carbons (Fsp3) is 0.231. The van der Waals surface area contributed by atoms with Gasteiger partial charge in [0.2, 0.25) is 0 Å². The van der Waals surface area contributed by atoms with Crippen LogP contribution in [0.4, 0.5) is 4.39 Å². The van der Waals surface area contributed by atoms with Gasteiger partial charge in [-0.25, -0.2) is 4.39 Å². The summed E-state index contributed by atoms with van der Waals surface area (Å²) in [4.78, 5) is 2.22. The van der Waals surface area contributed by atoms with E-state index in [9.17, 15) is 4.39 Å². The third-order valence-corrected chi connectivity index (χ3v) is 6.37. The Morgan fingerprint density at radius 3 is 2.72 bits per heavy atom. The molecule has 0 aliphatic heterocycles. The maximum absolute atomic E-state index is 13.9. The van der Waals surface area contributed by atoms with Crippen molar-refractivity contribution in [2.75, 3.05) is 0 Å². The first-order valence-electron chi connectivity index (χ1n) is 5.40. The molecule has 18 heavy (non-hydrogen) atoms. The van der Waals surface area contributed by atoms with E-state index in [0.717, 1.165) is 11.3 Å². The van der Waals surface area contributed by atoms with E-state index in [2.05, 4.69) is 44.8 Å². The fourth-order valence-corrected chi connectivity index (χ4v) is 3.83. The Kier molecular flexibility index (Phi) is 4.86. The number of benzene rings is 1. The molecule has 5 heteroatoms. The van der Waals surface area contributed by atoms with Gasteiger partial charge in [0.05, 0.1) is 9.85 Å². The molecule has 0 radical (unpaired) electrons. The number of thiophene rings is 1. The molecule has 1 aromatic heterocycles.